The van der Waals surface area contributed by atoms with Crippen molar-refractivity contribution in [2.45, 2.75) is 39.2 Å². The van der Waals surface area contributed by atoms with Gasteiger partial charge in [-0.1, -0.05) is 17.7 Å². The van der Waals surface area contributed by atoms with E-state index in [0.29, 0.717) is 13.1 Å². The normalized spacial score (nSPS) is 18.6. The zero-order valence-corrected chi connectivity index (χ0v) is 16.3. The monoisotopic (exact) mass is 396 g/mol. The summed E-state index contributed by atoms with van der Waals surface area (Å²) in [5, 5.41) is 2.68. The molecule has 0 saturated carbocycles. The lowest BCUT2D eigenvalue weighted by molar-refractivity contribution is -0.118. The molecule has 0 radical (unpaired) electrons. The number of ether oxygens (including phenoxy) is 2. The van der Waals surface area contributed by atoms with Crippen molar-refractivity contribution in [3.8, 4) is 5.75 Å². The van der Waals surface area contributed by atoms with Gasteiger partial charge in [-0.2, -0.15) is 0 Å². The fourth-order valence-corrected chi connectivity index (χ4v) is 3.29. The molecule has 2 aliphatic heterocycles. The highest BCUT2D eigenvalue weighted by atomic mass is 35.5. The molecule has 0 aromatic heterocycles. The first-order valence-electron chi connectivity index (χ1n) is 8.76. The molecule has 8 heteroatoms. The van der Waals surface area contributed by atoms with Crippen molar-refractivity contribution < 1.29 is 23.5 Å². The molecule has 1 aromatic carbocycles. The van der Waals surface area contributed by atoms with E-state index in [4.69, 9.17) is 21.1 Å². The van der Waals surface area contributed by atoms with E-state index in [1.165, 1.54) is 6.07 Å². The number of fused-ring (bicyclic) bond motifs is 1. The minimum Gasteiger partial charge on any atom is -0.480 e. The summed E-state index contributed by atoms with van der Waals surface area (Å²) in [4.78, 5) is 25.4. The molecule has 1 saturated heterocycles. The summed E-state index contributed by atoms with van der Waals surface area (Å²) in [7, 11) is 0. The number of rotatable bonds is 1. The first kappa shape index (κ1) is 19.5. The Bertz CT molecular complexity index is 817. The van der Waals surface area contributed by atoms with Crippen LogP contribution in [-0.2, 0) is 9.53 Å². The second-order valence-electron chi connectivity index (χ2n) is 7.61. The molecule has 1 fully saturated rings. The summed E-state index contributed by atoms with van der Waals surface area (Å²) in [5.41, 5.74) is 0.496. The first-order valence-corrected chi connectivity index (χ1v) is 9.14. The van der Waals surface area contributed by atoms with Gasteiger partial charge in [0.1, 0.15) is 11.3 Å². The van der Waals surface area contributed by atoms with Gasteiger partial charge in [-0.25, -0.2) is 9.18 Å². The van der Waals surface area contributed by atoms with E-state index in [-0.39, 0.29) is 28.6 Å². The van der Waals surface area contributed by atoms with Crippen molar-refractivity contribution >= 4 is 35.4 Å². The number of halogens is 2. The van der Waals surface area contributed by atoms with Crippen LogP contribution in [0.3, 0.4) is 0 Å². The van der Waals surface area contributed by atoms with E-state index in [1.54, 1.807) is 11.0 Å². The Morgan fingerprint density at radius 2 is 2.19 bits per heavy atom. The molecule has 0 atom stereocenters. The smallest absolute Gasteiger partial charge is 0.410 e. The van der Waals surface area contributed by atoms with E-state index in [1.807, 2.05) is 20.8 Å². The Morgan fingerprint density at radius 1 is 1.44 bits per heavy atom. The Labute approximate surface area is 162 Å². The topological polar surface area (TPSA) is 67.9 Å². The molecular weight excluding hydrogens is 375 g/mol. The van der Waals surface area contributed by atoms with Gasteiger partial charge in [0.05, 0.1) is 5.02 Å². The van der Waals surface area contributed by atoms with Crippen molar-refractivity contribution in [3.63, 3.8) is 0 Å². The van der Waals surface area contributed by atoms with Crippen LogP contribution in [0.15, 0.2) is 11.6 Å². The van der Waals surface area contributed by atoms with Gasteiger partial charge in [-0.3, -0.25) is 4.79 Å². The maximum atomic E-state index is 14.8. The SMILES string of the molecule is CC(C)(C)OC(=O)N1CCC/C(=C\c2cc(Cl)c3c(c2F)NC(=O)CO3)C1. The van der Waals surface area contributed by atoms with Gasteiger partial charge in [0, 0.05) is 18.7 Å². The number of benzene rings is 1. The minimum atomic E-state index is -0.607. The first-order chi connectivity index (χ1) is 12.6. The zero-order valence-electron chi connectivity index (χ0n) is 15.5. The van der Waals surface area contributed by atoms with Crippen LogP contribution in [0.2, 0.25) is 5.02 Å². The molecule has 0 bridgehead atoms. The standard InChI is InChI=1S/C19H22ClFN2O4/c1-19(2,3)27-18(25)23-6-4-5-11(9-23)7-12-8-13(20)17-16(15(12)21)22-14(24)10-26-17/h7-8H,4-6,9-10H2,1-3H3,(H,22,24)/b11-7+. The van der Waals surface area contributed by atoms with Crippen LogP contribution in [-0.4, -0.2) is 42.2 Å². The second-order valence-corrected chi connectivity index (χ2v) is 8.02. The molecule has 3 rings (SSSR count). The second kappa shape index (κ2) is 7.38. The number of amides is 2. The van der Waals surface area contributed by atoms with Crippen LogP contribution in [0.1, 0.15) is 39.2 Å². The summed E-state index contributed by atoms with van der Waals surface area (Å²) in [5.74, 6) is -0.907. The largest absolute Gasteiger partial charge is 0.480 e. The number of nitrogens with zero attached hydrogens (tertiary/aromatic N) is 1. The third-order valence-electron chi connectivity index (χ3n) is 4.14. The molecule has 27 heavy (non-hydrogen) atoms. The van der Waals surface area contributed by atoms with E-state index in [0.717, 1.165) is 18.4 Å². The Kier molecular flexibility index (Phi) is 5.33. The van der Waals surface area contributed by atoms with Gasteiger partial charge < -0.3 is 19.7 Å². The average Bonchev–Trinajstić information content (AvgIpc) is 2.58. The molecule has 2 heterocycles. The van der Waals surface area contributed by atoms with Gasteiger partial charge in [0.2, 0.25) is 0 Å². The molecular formula is C19H22ClFN2O4. The molecule has 146 valence electrons. The number of anilines is 1. The minimum absolute atomic E-state index is 0.0505. The Balaban J connectivity index is 1.84. The molecule has 6 nitrogen and oxygen atoms in total. The number of carbonyl (C=O) groups is 2. The summed E-state index contributed by atoms with van der Waals surface area (Å²) in [6.45, 7) is 6.18. The zero-order chi connectivity index (χ0) is 19.8. The third kappa shape index (κ3) is 4.53. The summed E-state index contributed by atoms with van der Waals surface area (Å²) in [6.07, 6.45) is 2.76. The molecule has 0 spiro atoms. The number of carbonyl (C=O) groups excluding carboxylic acids is 2. The van der Waals surface area contributed by atoms with Crippen molar-refractivity contribution in [3.05, 3.63) is 28.0 Å². The highest BCUT2D eigenvalue weighted by Gasteiger charge is 2.27. The van der Waals surface area contributed by atoms with Crippen LogP contribution in [0.5, 0.6) is 5.75 Å². The maximum Gasteiger partial charge on any atom is 0.410 e. The fourth-order valence-electron chi connectivity index (χ4n) is 3.02. The highest BCUT2D eigenvalue weighted by Crippen LogP contribution is 2.40. The van der Waals surface area contributed by atoms with Gasteiger partial charge in [-0.15, -0.1) is 0 Å². The molecule has 1 N–H and O–H groups in total. The van der Waals surface area contributed by atoms with Gasteiger partial charge >= 0.3 is 6.09 Å². The molecule has 1 aromatic rings. The maximum absolute atomic E-state index is 14.8. The Morgan fingerprint density at radius 3 is 2.89 bits per heavy atom. The Hall–Kier alpha value is -2.28. The molecule has 2 amide bonds. The highest BCUT2D eigenvalue weighted by molar-refractivity contribution is 6.33. The van der Waals surface area contributed by atoms with Crippen molar-refractivity contribution in [1.29, 1.82) is 0 Å². The lowest BCUT2D eigenvalue weighted by Crippen LogP contribution is -2.40. The van der Waals surface area contributed by atoms with Crippen molar-refractivity contribution in [2.24, 2.45) is 0 Å². The summed E-state index contributed by atoms with van der Waals surface area (Å²) >= 11 is 6.18. The van der Waals surface area contributed by atoms with Gasteiger partial charge in [0.25, 0.3) is 5.91 Å². The van der Waals surface area contributed by atoms with E-state index >= 15 is 0 Å². The average molecular weight is 397 g/mol. The van der Waals surface area contributed by atoms with E-state index in [9.17, 15) is 14.0 Å². The van der Waals surface area contributed by atoms with Crippen LogP contribution >= 0.6 is 11.6 Å². The van der Waals surface area contributed by atoms with Gasteiger partial charge in [0.15, 0.2) is 18.2 Å². The number of piperidine rings is 1. The predicted octanol–water partition coefficient (Wildman–Crippen LogP) is 4.22. The number of likely N-dealkylation sites (tertiary alicyclic amines) is 1. The van der Waals surface area contributed by atoms with Crippen LogP contribution in [0.25, 0.3) is 6.08 Å². The molecule has 0 aliphatic carbocycles. The van der Waals surface area contributed by atoms with Gasteiger partial charge in [-0.05, 0) is 45.3 Å². The van der Waals surface area contributed by atoms with Crippen LogP contribution in [0.4, 0.5) is 14.9 Å². The summed E-state index contributed by atoms with van der Waals surface area (Å²) in [6, 6.07) is 1.46. The molecule has 0 unspecified atom stereocenters. The third-order valence-corrected chi connectivity index (χ3v) is 4.42. The van der Waals surface area contributed by atoms with Crippen LogP contribution < -0.4 is 10.1 Å². The lowest BCUT2D eigenvalue weighted by Gasteiger charge is -2.31. The lowest BCUT2D eigenvalue weighted by atomic mass is 10.0. The number of hydrogen-bond donors (Lipinski definition) is 1. The fraction of sp³-hybridized carbons (Fsp3) is 0.474. The summed E-state index contributed by atoms with van der Waals surface area (Å²) < 4.78 is 25.5. The number of hydrogen-bond acceptors (Lipinski definition) is 4. The van der Waals surface area contributed by atoms with Crippen molar-refractivity contribution in [2.75, 3.05) is 25.0 Å². The molecule has 2 aliphatic rings. The van der Waals surface area contributed by atoms with E-state index in [2.05, 4.69) is 5.32 Å². The van der Waals surface area contributed by atoms with Crippen molar-refractivity contribution in [1.82, 2.24) is 4.90 Å². The van der Waals surface area contributed by atoms with E-state index < -0.39 is 23.4 Å². The number of nitrogens with one attached hydrogen (secondary N) is 1. The quantitative estimate of drug-likeness (QED) is 0.771. The predicted molar refractivity (Wildman–Crippen MR) is 101 cm³/mol. The van der Waals surface area contributed by atoms with Crippen LogP contribution in [0, 0.1) is 5.82 Å².